The second kappa shape index (κ2) is 23.4. The van der Waals surface area contributed by atoms with Gasteiger partial charge >= 0.3 is 23.9 Å². The molecule has 4 nitrogen and oxygen atoms in total. The first-order chi connectivity index (χ1) is 10.5. The Kier molecular flexibility index (Phi) is 27.5. The summed E-state index contributed by atoms with van der Waals surface area (Å²) in [6.07, 6.45) is 0. The number of carbonyl (C=O) groups excluding carboxylic acids is 2. The van der Waals surface area contributed by atoms with Crippen LogP contribution in [0.25, 0.3) is 0 Å². The number of carboxylic acids is 2. The summed E-state index contributed by atoms with van der Waals surface area (Å²) in [4.78, 5) is 18.4. The van der Waals surface area contributed by atoms with Crippen molar-refractivity contribution in [1.29, 1.82) is 0 Å². The van der Waals surface area contributed by atoms with Crippen LogP contribution in [0, 0.1) is 12.1 Å². The van der Waals surface area contributed by atoms with E-state index in [9.17, 15) is 19.8 Å². The van der Waals surface area contributed by atoms with Crippen molar-refractivity contribution < 1.29 is 19.8 Å². The maximum Gasteiger partial charge on any atom is 2.00 e. The Morgan fingerprint density at radius 3 is 0.957 bits per heavy atom. The molecule has 0 aliphatic carbocycles. The van der Waals surface area contributed by atoms with Crippen molar-refractivity contribution in [3.8, 4) is 0 Å². The molecule has 120 valence electrons. The fraction of sp³-hybridized carbons (Fsp3) is 0.125. The second-order valence-electron chi connectivity index (χ2n) is 3.17. The van der Waals surface area contributed by atoms with Crippen LogP contribution in [0.15, 0.2) is 60.7 Å². The normalized spacial score (nSPS) is 7.39. The van der Waals surface area contributed by atoms with E-state index in [0.717, 1.165) is 0 Å². The van der Waals surface area contributed by atoms with Crippen LogP contribution in [0.1, 0.15) is 0 Å². The topological polar surface area (TPSA) is 80.3 Å². The Balaban J connectivity index is -0.000000230. The fourth-order valence-corrected chi connectivity index (χ4v) is 0.684. The number of rotatable bonds is 2. The summed E-state index contributed by atoms with van der Waals surface area (Å²) in [5.41, 5.74) is 0. The zero-order chi connectivity index (χ0) is 17.1. The quantitative estimate of drug-likeness (QED) is 0.412. The molecule has 0 saturated carbocycles. The monoisotopic (exact) mass is 548 g/mol. The first-order valence-corrected chi connectivity index (χ1v) is 8.12. The maximum absolute atomic E-state index is 9.21. The smallest absolute Gasteiger partial charge is 0.549 e. The minimum absolute atomic E-state index is 0. The largest absolute Gasteiger partial charge is 2.00 e. The molecule has 7 heteroatoms. The van der Waals surface area contributed by atoms with Crippen LogP contribution < -0.4 is 10.2 Å². The van der Waals surface area contributed by atoms with Gasteiger partial charge in [-0.15, -0.1) is 0 Å². The van der Waals surface area contributed by atoms with Crippen LogP contribution in [0.4, 0.5) is 0 Å². The van der Waals surface area contributed by atoms with E-state index in [2.05, 4.69) is 44.0 Å². The number of hydrogen-bond acceptors (Lipinski definition) is 4. The Labute approximate surface area is 170 Å². The Hall–Kier alpha value is -0.861. The Morgan fingerprint density at radius 1 is 0.696 bits per heavy atom. The molecule has 0 bridgehead atoms. The van der Waals surface area contributed by atoms with Crippen molar-refractivity contribution >= 4 is 67.7 Å². The van der Waals surface area contributed by atoms with E-state index >= 15 is 0 Å². The molecule has 0 saturated heterocycles. The van der Waals surface area contributed by atoms with Crippen molar-refractivity contribution in [1.82, 2.24) is 0 Å². The fourth-order valence-electron chi connectivity index (χ4n) is 0.684. The van der Waals surface area contributed by atoms with Crippen LogP contribution in [0.3, 0.4) is 0 Å². The third-order valence-electron chi connectivity index (χ3n) is 1.43. The summed E-state index contributed by atoms with van der Waals surface area (Å²) >= 11 is 5.30. The van der Waals surface area contributed by atoms with Gasteiger partial charge in [-0.1, -0.05) is 92.5 Å². The molecule has 0 aromatic heterocycles. The number of hydrogen-bond donors (Lipinski definition) is 0. The Bertz CT molecular complexity index is 371. The van der Waals surface area contributed by atoms with E-state index in [1.165, 1.54) is 0 Å². The standard InChI is InChI=1S/2C6H5.2C2H3BrO2.Sn/c2*1-2-4-6-5-3-1;2*3-1-2(4)5;/h2*1-5H;2*1H2,(H,4,5);/q;;;;+2/p-2. The van der Waals surface area contributed by atoms with Gasteiger partial charge in [-0.25, -0.2) is 0 Å². The SMILES string of the molecule is O=C([O-])CBr.O=C([O-])CBr.[Sn+2].[c]1ccccc1.[c]1ccccc1. The van der Waals surface area contributed by atoms with Crippen LogP contribution >= 0.6 is 31.9 Å². The van der Waals surface area contributed by atoms with Gasteiger partial charge in [0.25, 0.3) is 0 Å². The summed E-state index contributed by atoms with van der Waals surface area (Å²) in [6, 6.07) is 25.0. The van der Waals surface area contributed by atoms with E-state index in [-0.39, 0.29) is 34.6 Å². The van der Waals surface area contributed by atoms with Gasteiger partial charge in [-0.3, -0.25) is 0 Å². The second-order valence-corrected chi connectivity index (χ2v) is 4.29. The van der Waals surface area contributed by atoms with Crippen molar-refractivity contribution in [2.75, 3.05) is 10.7 Å². The zero-order valence-electron chi connectivity index (χ0n) is 12.1. The van der Waals surface area contributed by atoms with Gasteiger partial charge in [-0.05, 0) is 12.1 Å². The van der Waals surface area contributed by atoms with E-state index in [4.69, 9.17) is 0 Å². The molecule has 0 fully saturated rings. The number of alkyl halides is 2. The molecule has 0 unspecified atom stereocenters. The van der Waals surface area contributed by atoms with Crippen LogP contribution in [0.5, 0.6) is 0 Å². The molecule has 0 aliphatic heterocycles. The van der Waals surface area contributed by atoms with Crippen molar-refractivity contribution in [3.05, 3.63) is 72.8 Å². The number of carbonyl (C=O) groups is 2. The third kappa shape index (κ3) is 33.8. The minimum atomic E-state index is -1.08. The van der Waals surface area contributed by atoms with Crippen LogP contribution in [-0.4, -0.2) is 46.5 Å². The molecule has 0 heterocycles. The van der Waals surface area contributed by atoms with E-state index in [1.54, 1.807) is 0 Å². The van der Waals surface area contributed by atoms with Crippen molar-refractivity contribution in [2.45, 2.75) is 0 Å². The van der Waals surface area contributed by atoms with E-state index in [1.807, 2.05) is 60.7 Å². The molecule has 0 aliphatic rings. The van der Waals surface area contributed by atoms with Crippen molar-refractivity contribution in [3.63, 3.8) is 0 Å². The molecule has 23 heavy (non-hydrogen) atoms. The molecule has 2 aromatic carbocycles. The summed E-state index contributed by atoms with van der Waals surface area (Å²) in [6.45, 7) is 0. The zero-order valence-corrected chi connectivity index (χ0v) is 18.1. The molecule has 4 radical (unpaired) electrons. The predicted octanol–water partition coefficient (Wildman–Crippen LogP) is 0.855. The van der Waals surface area contributed by atoms with Crippen molar-refractivity contribution in [2.24, 2.45) is 0 Å². The Morgan fingerprint density at radius 2 is 0.913 bits per heavy atom. The van der Waals surface area contributed by atoms with E-state index in [0.29, 0.717) is 0 Å². The van der Waals surface area contributed by atoms with Gasteiger partial charge in [0.2, 0.25) is 0 Å². The third-order valence-corrected chi connectivity index (χ3v) is 2.35. The van der Waals surface area contributed by atoms with Crippen LogP contribution in [-0.2, 0) is 9.59 Å². The molecular weight excluding hydrogens is 535 g/mol. The first kappa shape index (κ1) is 27.0. The molecule has 0 spiro atoms. The number of benzene rings is 2. The van der Waals surface area contributed by atoms with E-state index < -0.39 is 11.9 Å². The summed E-state index contributed by atoms with van der Waals surface area (Å²) in [5.74, 6) is -2.16. The van der Waals surface area contributed by atoms with Gasteiger partial charge in [0.05, 0.1) is 11.9 Å². The molecule has 2 rings (SSSR count). The van der Waals surface area contributed by atoms with Gasteiger partial charge in [0, 0.05) is 10.7 Å². The molecule has 0 atom stereocenters. The average molecular weight is 549 g/mol. The van der Waals surface area contributed by atoms with Gasteiger partial charge in [-0.2, -0.15) is 0 Å². The minimum Gasteiger partial charge on any atom is -0.549 e. The van der Waals surface area contributed by atoms with Gasteiger partial charge < -0.3 is 19.8 Å². The molecule has 2 aromatic rings. The molecule has 0 N–H and O–H groups in total. The predicted molar refractivity (Wildman–Crippen MR) is 93.9 cm³/mol. The number of halogens is 2. The molecular formula is C16H14Br2O4Sn. The number of aliphatic carboxylic acids is 2. The maximum atomic E-state index is 9.21. The van der Waals surface area contributed by atoms with Gasteiger partial charge in [0.1, 0.15) is 0 Å². The van der Waals surface area contributed by atoms with Crippen LogP contribution in [0.2, 0.25) is 0 Å². The number of carboxylic acid groups (broad SMARTS) is 2. The van der Waals surface area contributed by atoms with Gasteiger partial charge in [0.15, 0.2) is 0 Å². The summed E-state index contributed by atoms with van der Waals surface area (Å²) in [5, 5.41) is 18.3. The molecule has 0 amide bonds. The summed E-state index contributed by atoms with van der Waals surface area (Å²) in [7, 11) is 0. The first-order valence-electron chi connectivity index (χ1n) is 5.88. The average Bonchev–Trinajstić information content (AvgIpc) is 2.59. The summed E-state index contributed by atoms with van der Waals surface area (Å²) < 4.78 is 0.